The first kappa shape index (κ1) is 14.7. The quantitative estimate of drug-likeness (QED) is 0.881. The van der Waals surface area contributed by atoms with Crippen molar-refractivity contribution in [3.63, 3.8) is 0 Å². The largest absolute Gasteiger partial charge is 0.349 e. The number of hydrogen-bond acceptors (Lipinski definition) is 3. The molecular weight excluding hydrogens is 346 g/mol. The molecule has 0 unspecified atom stereocenters. The predicted molar refractivity (Wildman–Crippen MR) is 86.8 cm³/mol. The molecule has 0 radical (unpaired) electrons. The highest BCUT2D eigenvalue weighted by atomic mass is 79.9. The van der Waals surface area contributed by atoms with Crippen LogP contribution in [0.5, 0.6) is 0 Å². The maximum absolute atomic E-state index is 12.3. The molecule has 2 amide bonds. The lowest BCUT2D eigenvalue weighted by Crippen LogP contribution is -2.27. The Labute approximate surface area is 136 Å². The normalized spacial score (nSPS) is 13.5. The van der Waals surface area contributed by atoms with E-state index < -0.39 is 0 Å². The van der Waals surface area contributed by atoms with Crippen LogP contribution < -0.4 is 10.6 Å². The van der Waals surface area contributed by atoms with Crippen molar-refractivity contribution in [3.8, 4) is 0 Å². The summed E-state index contributed by atoms with van der Waals surface area (Å²) in [7, 11) is 0. The van der Waals surface area contributed by atoms with Gasteiger partial charge in [0.05, 0.1) is 16.8 Å². The molecule has 1 fully saturated rings. The zero-order valence-electron chi connectivity index (χ0n) is 11.7. The van der Waals surface area contributed by atoms with Crippen molar-refractivity contribution in [2.45, 2.75) is 18.9 Å². The Balaban J connectivity index is 1.79. The molecule has 0 aliphatic heterocycles. The first-order valence-corrected chi connectivity index (χ1v) is 7.74. The van der Waals surface area contributed by atoms with Gasteiger partial charge >= 0.3 is 0 Å². The SMILES string of the molecule is O=C(Nc1ccccc1C(=O)NC1CC1)c1cncc(Br)c1. The third-order valence-corrected chi connectivity index (χ3v) is 3.73. The Morgan fingerprint density at radius 2 is 1.91 bits per heavy atom. The molecule has 1 aliphatic rings. The minimum Gasteiger partial charge on any atom is -0.349 e. The van der Waals surface area contributed by atoms with Crippen LogP contribution in [0.2, 0.25) is 0 Å². The van der Waals surface area contributed by atoms with Crippen molar-refractivity contribution in [3.05, 3.63) is 58.3 Å². The van der Waals surface area contributed by atoms with Crippen LogP contribution in [0, 0.1) is 0 Å². The van der Waals surface area contributed by atoms with Crippen molar-refractivity contribution < 1.29 is 9.59 Å². The average Bonchev–Trinajstić information content (AvgIpc) is 3.31. The van der Waals surface area contributed by atoms with Crippen LogP contribution in [0.25, 0.3) is 0 Å². The molecule has 22 heavy (non-hydrogen) atoms. The Morgan fingerprint density at radius 1 is 1.14 bits per heavy atom. The number of nitrogens with zero attached hydrogens (tertiary/aromatic N) is 1. The topological polar surface area (TPSA) is 71.1 Å². The van der Waals surface area contributed by atoms with Gasteiger partial charge < -0.3 is 10.6 Å². The molecule has 1 heterocycles. The molecule has 1 aromatic heterocycles. The summed E-state index contributed by atoms with van der Waals surface area (Å²) in [5, 5.41) is 5.69. The highest BCUT2D eigenvalue weighted by molar-refractivity contribution is 9.10. The molecular formula is C16H14BrN3O2. The lowest BCUT2D eigenvalue weighted by molar-refractivity contribution is 0.0952. The van der Waals surface area contributed by atoms with Gasteiger partial charge in [0.1, 0.15) is 0 Å². The second-order valence-electron chi connectivity index (χ2n) is 5.14. The van der Waals surface area contributed by atoms with E-state index in [1.54, 1.807) is 36.5 Å². The third-order valence-electron chi connectivity index (χ3n) is 3.30. The molecule has 0 atom stereocenters. The Bertz CT molecular complexity index is 729. The van der Waals surface area contributed by atoms with Crippen LogP contribution >= 0.6 is 15.9 Å². The van der Waals surface area contributed by atoms with Gasteiger partial charge in [0.15, 0.2) is 0 Å². The standard InChI is InChI=1S/C16H14BrN3O2/c17-11-7-10(8-18-9-11)15(21)20-14-4-2-1-3-13(14)16(22)19-12-5-6-12/h1-4,7-9,12H,5-6H2,(H,19,22)(H,20,21). The molecule has 1 saturated carbocycles. The summed E-state index contributed by atoms with van der Waals surface area (Å²) in [5.74, 6) is -0.466. The fraction of sp³-hybridized carbons (Fsp3) is 0.188. The fourth-order valence-corrected chi connectivity index (χ4v) is 2.38. The fourth-order valence-electron chi connectivity index (χ4n) is 2.01. The maximum Gasteiger partial charge on any atom is 0.257 e. The Morgan fingerprint density at radius 3 is 2.64 bits per heavy atom. The van der Waals surface area contributed by atoms with Crippen molar-refractivity contribution in [2.75, 3.05) is 5.32 Å². The first-order valence-electron chi connectivity index (χ1n) is 6.95. The molecule has 0 spiro atoms. The molecule has 112 valence electrons. The van der Waals surface area contributed by atoms with Gasteiger partial charge in [-0.15, -0.1) is 0 Å². The van der Waals surface area contributed by atoms with E-state index in [0.717, 1.165) is 17.3 Å². The van der Waals surface area contributed by atoms with E-state index in [0.29, 0.717) is 16.8 Å². The number of benzene rings is 1. The molecule has 1 aliphatic carbocycles. The summed E-state index contributed by atoms with van der Waals surface area (Å²) < 4.78 is 0.722. The summed E-state index contributed by atoms with van der Waals surface area (Å²) in [6.07, 6.45) is 5.12. The summed E-state index contributed by atoms with van der Waals surface area (Å²) in [6, 6.07) is 8.92. The van der Waals surface area contributed by atoms with Crippen LogP contribution in [0.1, 0.15) is 33.6 Å². The number of amides is 2. The van der Waals surface area contributed by atoms with Crippen LogP contribution in [-0.4, -0.2) is 22.8 Å². The van der Waals surface area contributed by atoms with Gasteiger partial charge in [-0.25, -0.2) is 0 Å². The number of halogens is 1. The molecule has 6 heteroatoms. The third kappa shape index (κ3) is 3.51. The molecule has 0 bridgehead atoms. The minimum absolute atomic E-state index is 0.161. The van der Waals surface area contributed by atoms with E-state index in [2.05, 4.69) is 31.5 Å². The molecule has 5 nitrogen and oxygen atoms in total. The Hall–Kier alpha value is -2.21. The van der Waals surface area contributed by atoms with E-state index in [9.17, 15) is 9.59 Å². The average molecular weight is 360 g/mol. The van der Waals surface area contributed by atoms with Gasteiger partial charge in [-0.3, -0.25) is 14.6 Å². The van der Waals surface area contributed by atoms with Gasteiger partial charge in [-0.2, -0.15) is 0 Å². The maximum atomic E-state index is 12.3. The number of anilines is 1. The second-order valence-corrected chi connectivity index (χ2v) is 6.05. The van der Waals surface area contributed by atoms with Crippen molar-refractivity contribution in [1.82, 2.24) is 10.3 Å². The lowest BCUT2D eigenvalue weighted by Gasteiger charge is -2.11. The zero-order valence-corrected chi connectivity index (χ0v) is 13.3. The number of rotatable bonds is 4. The minimum atomic E-state index is -0.305. The van der Waals surface area contributed by atoms with Crippen LogP contribution in [-0.2, 0) is 0 Å². The van der Waals surface area contributed by atoms with Gasteiger partial charge in [0.2, 0.25) is 0 Å². The number of nitrogens with one attached hydrogen (secondary N) is 2. The number of para-hydroxylation sites is 1. The highest BCUT2D eigenvalue weighted by Crippen LogP contribution is 2.22. The monoisotopic (exact) mass is 359 g/mol. The van der Waals surface area contributed by atoms with Gasteiger partial charge in [0, 0.05) is 22.9 Å². The molecule has 0 saturated heterocycles. The van der Waals surface area contributed by atoms with E-state index in [1.807, 2.05) is 0 Å². The van der Waals surface area contributed by atoms with Crippen molar-refractivity contribution in [1.29, 1.82) is 0 Å². The van der Waals surface area contributed by atoms with Crippen LogP contribution in [0.4, 0.5) is 5.69 Å². The Kier molecular flexibility index (Phi) is 4.20. The molecule has 1 aromatic carbocycles. The van der Waals surface area contributed by atoms with Crippen molar-refractivity contribution >= 4 is 33.4 Å². The van der Waals surface area contributed by atoms with E-state index in [4.69, 9.17) is 0 Å². The van der Waals surface area contributed by atoms with Gasteiger partial charge in [-0.05, 0) is 47.0 Å². The second kappa shape index (κ2) is 6.27. The number of aromatic nitrogens is 1. The van der Waals surface area contributed by atoms with Crippen LogP contribution in [0.15, 0.2) is 47.2 Å². The lowest BCUT2D eigenvalue weighted by atomic mass is 10.1. The van der Waals surface area contributed by atoms with E-state index >= 15 is 0 Å². The summed E-state index contributed by atoms with van der Waals surface area (Å²) in [5.41, 5.74) is 1.38. The molecule has 3 rings (SSSR count). The molecule has 2 N–H and O–H groups in total. The van der Waals surface area contributed by atoms with Gasteiger partial charge in [0.25, 0.3) is 11.8 Å². The number of pyridine rings is 1. The van der Waals surface area contributed by atoms with E-state index in [-0.39, 0.29) is 17.9 Å². The van der Waals surface area contributed by atoms with E-state index in [1.165, 1.54) is 6.20 Å². The summed E-state index contributed by atoms with van der Waals surface area (Å²) in [6.45, 7) is 0. The number of carbonyl (C=O) groups is 2. The van der Waals surface area contributed by atoms with Gasteiger partial charge in [-0.1, -0.05) is 12.1 Å². The first-order chi connectivity index (χ1) is 10.6. The number of hydrogen-bond donors (Lipinski definition) is 2. The molecule has 2 aromatic rings. The zero-order chi connectivity index (χ0) is 15.5. The van der Waals surface area contributed by atoms with Crippen molar-refractivity contribution in [2.24, 2.45) is 0 Å². The van der Waals surface area contributed by atoms with Crippen LogP contribution in [0.3, 0.4) is 0 Å². The summed E-state index contributed by atoms with van der Waals surface area (Å²) in [4.78, 5) is 28.4. The smallest absolute Gasteiger partial charge is 0.257 e. The predicted octanol–water partition coefficient (Wildman–Crippen LogP) is 2.99. The summed E-state index contributed by atoms with van der Waals surface area (Å²) >= 11 is 3.28. The highest BCUT2D eigenvalue weighted by Gasteiger charge is 2.25. The number of carbonyl (C=O) groups excluding carboxylic acids is 2.